The predicted molar refractivity (Wildman–Crippen MR) is 63.5 cm³/mol. The molecule has 5 nitrogen and oxygen atoms in total. The lowest BCUT2D eigenvalue weighted by Crippen LogP contribution is -2.40. The summed E-state index contributed by atoms with van der Waals surface area (Å²) in [4.78, 5) is 33.0. The minimum atomic E-state index is -1.11. The SMILES string of the molecule is CC(=O)C(CC(=O)O)NC(=O)/C=C/CC(C)C. The summed E-state index contributed by atoms with van der Waals surface area (Å²) in [5.74, 6) is -1.47. The fraction of sp³-hybridized carbons (Fsp3) is 0.583. The van der Waals surface area contributed by atoms with Crippen LogP contribution in [0.3, 0.4) is 0 Å². The van der Waals surface area contributed by atoms with Gasteiger partial charge >= 0.3 is 5.97 Å². The Morgan fingerprint density at radius 2 is 1.88 bits per heavy atom. The Hall–Kier alpha value is -1.65. The van der Waals surface area contributed by atoms with E-state index < -0.39 is 17.9 Å². The van der Waals surface area contributed by atoms with Crippen molar-refractivity contribution in [3.05, 3.63) is 12.2 Å². The van der Waals surface area contributed by atoms with Crippen LogP contribution in [0, 0.1) is 5.92 Å². The van der Waals surface area contributed by atoms with Crippen LogP contribution in [0.5, 0.6) is 0 Å². The second kappa shape index (κ2) is 7.60. The first-order valence-corrected chi connectivity index (χ1v) is 5.52. The molecule has 0 radical (unpaired) electrons. The summed E-state index contributed by atoms with van der Waals surface area (Å²) >= 11 is 0. The molecule has 17 heavy (non-hydrogen) atoms. The molecule has 0 rings (SSSR count). The van der Waals surface area contributed by atoms with Crippen molar-refractivity contribution in [2.24, 2.45) is 5.92 Å². The molecule has 0 aromatic rings. The zero-order chi connectivity index (χ0) is 13.4. The molecular weight excluding hydrogens is 222 g/mol. The second-order valence-electron chi connectivity index (χ2n) is 4.30. The van der Waals surface area contributed by atoms with E-state index in [1.165, 1.54) is 13.0 Å². The number of hydrogen-bond acceptors (Lipinski definition) is 3. The normalized spacial score (nSPS) is 12.7. The molecule has 2 N–H and O–H groups in total. The molecular formula is C12H19NO4. The van der Waals surface area contributed by atoms with E-state index >= 15 is 0 Å². The van der Waals surface area contributed by atoms with E-state index in [2.05, 4.69) is 5.32 Å². The van der Waals surface area contributed by atoms with Crippen LogP contribution in [0.25, 0.3) is 0 Å². The molecule has 0 aliphatic heterocycles. The second-order valence-corrected chi connectivity index (χ2v) is 4.30. The van der Waals surface area contributed by atoms with Crippen molar-refractivity contribution in [2.75, 3.05) is 0 Å². The summed E-state index contributed by atoms with van der Waals surface area (Å²) in [6, 6.07) is -0.955. The molecule has 1 atom stereocenters. The van der Waals surface area contributed by atoms with Gasteiger partial charge in [0.05, 0.1) is 12.5 Å². The van der Waals surface area contributed by atoms with Gasteiger partial charge in [-0.15, -0.1) is 0 Å². The average Bonchev–Trinajstić information content (AvgIpc) is 2.15. The summed E-state index contributed by atoms with van der Waals surface area (Å²) in [6.07, 6.45) is 3.41. The first-order valence-electron chi connectivity index (χ1n) is 5.52. The summed E-state index contributed by atoms with van der Waals surface area (Å²) in [5, 5.41) is 10.9. The average molecular weight is 241 g/mol. The summed E-state index contributed by atoms with van der Waals surface area (Å²) in [7, 11) is 0. The minimum absolute atomic E-state index is 0.363. The Labute approximate surface area is 101 Å². The Morgan fingerprint density at radius 1 is 1.29 bits per heavy atom. The number of amides is 1. The van der Waals surface area contributed by atoms with E-state index in [1.54, 1.807) is 6.08 Å². The largest absolute Gasteiger partial charge is 0.481 e. The number of carboxylic acids is 1. The monoisotopic (exact) mass is 241 g/mol. The molecule has 0 aromatic carbocycles. The summed E-state index contributed by atoms with van der Waals surface area (Å²) in [6.45, 7) is 5.29. The standard InChI is InChI=1S/C12H19NO4/c1-8(2)5-4-6-11(15)13-10(9(3)14)7-12(16)17/h4,6,8,10H,5,7H2,1-3H3,(H,13,15)(H,16,17)/b6-4+. The van der Waals surface area contributed by atoms with Gasteiger partial charge in [-0.1, -0.05) is 19.9 Å². The maximum absolute atomic E-state index is 11.4. The molecule has 5 heteroatoms. The lowest BCUT2D eigenvalue weighted by atomic mass is 10.1. The number of ketones is 1. The van der Waals surface area contributed by atoms with E-state index in [4.69, 9.17) is 5.11 Å². The van der Waals surface area contributed by atoms with Crippen molar-refractivity contribution in [3.8, 4) is 0 Å². The van der Waals surface area contributed by atoms with Gasteiger partial charge in [-0.05, 0) is 25.3 Å². The Balaban J connectivity index is 4.26. The van der Waals surface area contributed by atoms with Gasteiger partial charge in [0.25, 0.3) is 0 Å². The van der Waals surface area contributed by atoms with Gasteiger partial charge < -0.3 is 10.4 Å². The van der Waals surface area contributed by atoms with Gasteiger partial charge in [0.1, 0.15) is 0 Å². The molecule has 0 saturated carbocycles. The molecule has 96 valence electrons. The zero-order valence-electron chi connectivity index (χ0n) is 10.4. The number of nitrogens with one attached hydrogen (secondary N) is 1. The van der Waals surface area contributed by atoms with Crippen molar-refractivity contribution in [1.29, 1.82) is 0 Å². The summed E-state index contributed by atoms with van der Waals surface area (Å²) < 4.78 is 0. The van der Waals surface area contributed by atoms with Gasteiger partial charge in [0, 0.05) is 0 Å². The number of hydrogen-bond donors (Lipinski definition) is 2. The molecule has 0 aliphatic carbocycles. The number of rotatable bonds is 7. The lowest BCUT2D eigenvalue weighted by molar-refractivity contribution is -0.139. The third-order valence-corrected chi connectivity index (χ3v) is 2.06. The van der Waals surface area contributed by atoms with Crippen LogP contribution >= 0.6 is 0 Å². The predicted octanol–water partition coefficient (Wildman–Crippen LogP) is 1.14. The molecule has 0 aromatic heterocycles. The van der Waals surface area contributed by atoms with Crippen molar-refractivity contribution in [1.82, 2.24) is 5.32 Å². The van der Waals surface area contributed by atoms with Crippen molar-refractivity contribution in [3.63, 3.8) is 0 Å². The lowest BCUT2D eigenvalue weighted by Gasteiger charge is -2.11. The van der Waals surface area contributed by atoms with Crippen LogP contribution in [0.1, 0.15) is 33.6 Å². The van der Waals surface area contributed by atoms with Crippen LogP contribution < -0.4 is 5.32 Å². The highest BCUT2D eigenvalue weighted by Crippen LogP contribution is 2.00. The summed E-state index contributed by atoms with van der Waals surface area (Å²) in [5.41, 5.74) is 0. The molecule has 0 saturated heterocycles. The van der Waals surface area contributed by atoms with Gasteiger partial charge in [0.2, 0.25) is 5.91 Å². The van der Waals surface area contributed by atoms with Crippen LogP contribution in [-0.4, -0.2) is 28.8 Å². The Bertz CT molecular complexity index is 320. The van der Waals surface area contributed by atoms with Gasteiger partial charge in [0.15, 0.2) is 5.78 Å². The van der Waals surface area contributed by atoms with Gasteiger partial charge in [-0.25, -0.2) is 0 Å². The van der Waals surface area contributed by atoms with E-state index in [0.29, 0.717) is 5.92 Å². The van der Waals surface area contributed by atoms with E-state index in [9.17, 15) is 14.4 Å². The highest BCUT2D eigenvalue weighted by atomic mass is 16.4. The first-order chi connectivity index (χ1) is 7.82. The zero-order valence-corrected chi connectivity index (χ0v) is 10.4. The van der Waals surface area contributed by atoms with E-state index in [-0.39, 0.29) is 12.2 Å². The minimum Gasteiger partial charge on any atom is -0.481 e. The fourth-order valence-electron chi connectivity index (χ4n) is 1.14. The third-order valence-electron chi connectivity index (χ3n) is 2.06. The molecule has 1 unspecified atom stereocenters. The molecule has 0 fully saturated rings. The van der Waals surface area contributed by atoms with Crippen LogP contribution in [-0.2, 0) is 14.4 Å². The highest BCUT2D eigenvalue weighted by Gasteiger charge is 2.18. The first kappa shape index (κ1) is 15.3. The smallest absolute Gasteiger partial charge is 0.305 e. The Morgan fingerprint density at radius 3 is 2.29 bits per heavy atom. The van der Waals surface area contributed by atoms with Crippen molar-refractivity contribution < 1.29 is 19.5 Å². The van der Waals surface area contributed by atoms with E-state index in [0.717, 1.165) is 6.42 Å². The number of Topliss-reactive ketones (excluding diaryl/α,β-unsaturated/α-hetero) is 1. The molecule has 0 heterocycles. The van der Waals surface area contributed by atoms with Crippen molar-refractivity contribution >= 4 is 17.7 Å². The van der Waals surface area contributed by atoms with Gasteiger partial charge in [-0.3, -0.25) is 14.4 Å². The highest BCUT2D eigenvalue weighted by molar-refractivity contribution is 5.94. The van der Waals surface area contributed by atoms with Crippen molar-refractivity contribution in [2.45, 2.75) is 39.7 Å². The van der Waals surface area contributed by atoms with Crippen LogP contribution in [0.4, 0.5) is 0 Å². The molecule has 0 bridgehead atoms. The fourth-order valence-corrected chi connectivity index (χ4v) is 1.14. The molecule has 0 aliphatic rings. The number of aliphatic carboxylic acids is 1. The maximum Gasteiger partial charge on any atom is 0.305 e. The van der Waals surface area contributed by atoms with Crippen LogP contribution in [0.15, 0.2) is 12.2 Å². The number of carboxylic acid groups (broad SMARTS) is 1. The number of carbonyl (C=O) groups excluding carboxylic acids is 2. The van der Waals surface area contributed by atoms with Gasteiger partial charge in [-0.2, -0.15) is 0 Å². The quantitative estimate of drug-likeness (QED) is 0.655. The van der Waals surface area contributed by atoms with E-state index in [1.807, 2.05) is 13.8 Å². The number of carbonyl (C=O) groups is 3. The molecule has 0 spiro atoms. The Kier molecular flexibility index (Phi) is 6.86. The third kappa shape index (κ3) is 8.19. The number of allylic oxidation sites excluding steroid dienone is 1. The topological polar surface area (TPSA) is 83.5 Å². The molecule has 1 amide bonds. The maximum atomic E-state index is 11.4. The van der Waals surface area contributed by atoms with Crippen LogP contribution in [0.2, 0.25) is 0 Å².